The van der Waals surface area contributed by atoms with Gasteiger partial charge in [-0.15, -0.1) is 0 Å². The minimum absolute atomic E-state index is 0.0742. The number of hydrogen-bond acceptors (Lipinski definition) is 3. The molecule has 0 unspecified atom stereocenters. The number of benzene rings is 2. The Balaban J connectivity index is 0.000000314. The van der Waals surface area contributed by atoms with Crippen molar-refractivity contribution in [2.24, 2.45) is 5.92 Å². The highest BCUT2D eigenvalue weighted by Crippen LogP contribution is 2.27. The van der Waals surface area contributed by atoms with E-state index < -0.39 is 5.97 Å². The Morgan fingerprint density at radius 3 is 1.90 bits per heavy atom. The fourth-order valence-corrected chi connectivity index (χ4v) is 3.04. The van der Waals surface area contributed by atoms with Gasteiger partial charge in [-0.25, -0.2) is 4.79 Å². The predicted molar refractivity (Wildman–Crippen MR) is 121 cm³/mol. The van der Waals surface area contributed by atoms with Crippen molar-refractivity contribution in [2.75, 3.05) is 6.61 Å². The van der Waals surface area contributed by atoms with E-state index in [0.717, 1.165) is 29.9 Å². The van der Waals surface area contributed by atoms with Gasteiger partial charge in [-0.2, -0.15) is 0 Å². The van der Waals surface area contributed by atoms with Crippen LogP contribution in [-0.2, 0) is 14.3 Å². The van der Waals surface area contributed by atoms with Crippen molar-refractivity contribution < 1.29 is 19.4 Å². The molecule has 0 atom stereocenters. The summed E-state index contributed by atoms with van der Waals surface area (Å²) in [5, 5.41) is 9.01. The van der Waals surface area contributed by atoms with Crippen LogP contribution in [0.3, 0.4) is 0 Å². The van der Waals surface area contributed by atoms with Gasteiger partial charge in [0.15, 0.2) is 0 Å². The van der Waals surface area contributed by atoms with E-state index in [9.17, 15) is 9.59 Å². The molecule has 0 aliphatic carbocycles. The molecule has 0 aromatic heterocycles. The Hall–Kier alpha value is -2.88. The summed E-state index contributed by atoms with van der Waals surface area (Å²) in [5.41, 5.74) is 2.09. The summed E-state index contributed by atoms with van der Waals surface area (Å²) in [4.78, 5) is 21.6. The zero-order chi connectivity index (χ0) is 22.2. The molecule has 0 bridgehead atoms. The average molecular weight is 411 g/mol. The van der Waals surface area contributed by atoms with Gasteiger partial charge in [-0.3, -0.25) is 4.79 Å². The zero-order valence-corrected chi connectivity index (χ0v) is 18.1. The molecule has 0 saturated carbocycles. The molecule has 0 saturated heterocycles. The van der Waals surface area contributed by atoms with Crippen LogP contribution in [0.5, 0.6) is 0 Å². The number of carboxylic acid groups (broad SMARTS) is 1. The van der Waals surface area contributed by atoms with Crippen LogP contribution in [0.25, 0.3) is 0 Å². The normalized spacial score (nSPS) is 10.3. The van der Waals surface area contributed by atoms with Crippen molar-refractivity contribution in [1.29, 1.82) is 0 Å². The van der Waals surface area contributed by atoms with Gasteiger partial charge in [0.05, 0.1) is 13.0 Å². The topological polar surface area (TPSA) is 63.6 Å². The first-order chi connectivity index (χ1) is 14.4. The molecule has 0 aliphatic heterocycles. The highest BCUT2D eigenvalue weighted by atomic mass is 16.5. The largest absolute Gasteiger partial charge is 0.481 e. The molecule has 30 heavy (non-hydrogen) atoms. The number of rotatable bonds is 11. The van der Waals surface area contributed by atoms with Crippen LogP contribution >= 0.6 is 0 Å². The van der Waals surface area contributed by atoms with E-state index in [-0.39, 0.29) is 18.3 Å². The summed E-state index contributed by atoms with van der Waals surface area (Å²) in [7, 11) is 0. The lowest BCUT2D eigenvalue weighted by atomic mass is 9.89. The SMILES string of the molecule is C=CC(=O)OCCCCCC(C)C.O=C(O)CC(c1ccccc1)c1ccccc1. The van der Waals surface area contributed by atoms with E-state index >= 15 is 0 Å². The first-order valence-corrected chi connectivity index (χ1v) is 10.5. The monoisotopic (exact) mass is 410 g/mol. The Labute approximate surface area is 180 Å². The van der Waals surface area contributed by atoms with Crippen molar-refractivity contribution in [3.8, 4) is 0 Å². The van der Waals surface area contributed by atoms with Crippen molar-refractivity contribution in [3.05, 3.63) is 84.4 Å². The first kappa shape index (κ1) is 25.2. The standard InChI is InChI=1S/C15H14O2.C11H20O2/c16-15(17)11-14(12-7-3-1-4-8-12)13-9-5-2-6-10-13;1-4-11(12)13-9-7-5-6-8-10(2)3/h1-10,14H,11H2,(H,16,17);4,10H,1,5-9H2,2-3H3. The Bertz CT molecular complexity index is 699. The summed E-state index contributed by atoms with van der Waals surface area (Å²) >= 11 is 0. The van der Waals surface area contributed by atoms with Crippen LogP contribution in [0.1, 0.15) is 63.0 Å². The molecule has 0 spiro atoms. The number of carbonyl (C=O) groups excluding carboxylic acids is 1. The molecule has 0 heterocycles. The third-order valence-corrected chi connectivity index (χ3v) is 4.62. The lowest BCUT2D eigenvalue weighted by Gasteiger charge is -2.15. The van der Waals surface area contributed by atoms with Crippen LogP contribution in [0.4, 0.5) is 0 Å². The molecule has 2 rings (SSSR count). The van der Waals surface area contributed by atoms with Crippen LogP contribution in [0.2, 0.25) is 0 Å². The van der Waals surface area contributed by atoms with Crippen LogP contribution in [0.15, 0.2) is 73.3 Å². The van der Waals surface area contributed by atoms with Gasteiger partial charge in [0.25, 0.3) is 0 Å². The molecule has 0 fully saturated rings. The van der Waals surface area contributed by atoms with Crippen molar-refractivity contribution in [1.82, 2.24) is 0 Å². The molecule has 162 valence electrons. The number of esters is 1. The summed E-state index contributed by atoms with van der Waals surface area (Å²) < 4.78 is 4.84. The molecule has 0 radical (unpaired) electrons. The third kappa shape index (κ3) is 11.2. The fourth-order valence-electron chi connectivity index (χ4n) is 3.04. The average Bonchev–Trinajstić information content (AvgIpc) is 2.75. The van der Waals surface area contributed by atoms with Crippen molar-refractivity contribution >= 4 is 11.9 Å². The molecular formula is C26H34O4. The number of carboxylic acids is 1. The van der Waals surface area contributed by atoms with E-state index in [4.69, 9.17) is 9.84 Å². The van der Waals surface area contributed by atoms with Crippen LogP contribution in [-0.4, -0.2) is 23.7 Å². The number of hydrogen-bond donors (Lipinski definition) is 1. The Morgan fingerprint density at radius 1 is 0.933 bits per heavy atom. The summed E-state index contributed by atoms with van der Waals surface area (Å²) in [6.07, 6.45) is 5.91. The van der Waals surface area contributed by atoms with Gasteiger partial charge < -0.3 is 9.84 Å². The molecule has 1 N–H and O–H groups in total. The number of unbranched alkanes of at least 4 members (excludes halogenated alkanes) is 2. The van der Waals surface area contributed by atoms with Gasteiger partial charge in [0, 0.05) is 12.0 Å². The van der Waals surface area contributed by atoms with Gasteiger partial charge in [0.2, 0.25) is 0 Å². The summed E-state index contributed by atoms with van der Waals surface area (Å²) in [5.74, 6) is -0.391. The van der Waals surface area contributed by atoms with E-state index in [0.29, 0.717) is 6.61 Å². The number of aliphatic carboxylic acids is 1. The minimum Gasteiger partial charge on any atom is -0.481 e. The van der Waals surface area contributed by atoms with E-state index in [2.05, 4.69) is 20.4 Å². The lowest BCUT2D eigenvalue weighted by molar-refractivity contribution is -0.138. The quantitative estimate of drug-likeness (QED) is 0.271. The summed E-state index contributed by atoms with van der Waals surface area (Å²) in [6.45, 7) is 8.29. The molecule has 2 aromatic rings. The fraction of sp³-hybridized carbons (Fsp3) is 0.385. The van der Waals surface area contributed by atoms with Crippen molar-refractivity contribution in [2.45, 2.75) is 51.9 Å². The van der Waals surface area contributed by atoms with Crippen LogP contribution < -0.4 is 0 Å². The van der Waals surface area contributed by atoms with Gasteiger partial charge in [0.1, 0.15) is 0 Å². The van der Waals surface area contributed by atoms with E-state index in [1.165, 1.54) is 18.9 Å². The smallest absolute Gasteiger partial charge is 0.330 e. The second-order valence-corrected chi connectivity index (χ2v) is 7.59. The Kier molecular flexibility index (Phi) is 12.6. The lowest BCUT2D eigenvalue weighted by Crippen LogP contribution is -2.07. The zero-order valence-electron chi connectivity index (χ0n) is 18.1. The molecular weight excluding hydrogens is 376 g/mol. The molecule has 2 aromatic carbocycles. The maximum absolute atomic E-state index is 11.0. The minimum atomic E-state index is -0.775. The van der Waals surface area contributed by atoms with E-state index in [1.54, 1.807) is 0 Å². The van der Waals surface area contributed by atoms with Gasteiger partial charge in [-0.05, 0) is 23.5 Å². The van der Waals surface area contributed by atoms with Crippen LogP contribution in [0, 0.1) is 5.92 Å². The molecule has 0 aliphatic rings. The Morgan fingerprint density at radius 2 is 1.47 bits per heavy atom. The highest BCUT2D eigenvalue weighted by Gasteiger charge is 2.16. The predicted octanol–water partition coefficient (Wildman–Crippen LogP) is 6.23. The van der Waals surface area contributed by atoms with E-state index in [1.807, 2.05) is 60.7 Å². The number of carbonyl (C=O) groups is 2. The first-order valence-electron chi connectivity index (χ1n) is 10.5. The molecule has 0 amide bonds. The summed E-state index contributed by atoms with van der Waals surface area (Å²) in [6, 6.07) is 19.5. The highest BCUT2D eigenvalue weighted by molar-refractivity contribution is 5.81. The van der Waals surface area contributed by atoms with Gasteiger partial charge in [-0.1, -0.05) is 100 Å². The molecule has 4 heteroatoms. The van der Waals surface area contributed by atoms with Gasteiger partial charge >= 0.3 is 11.9 Å². The second-order valence-electron chi connectivity index (χ2n) is 7.59. The maximum Gasteiger partial charge on any atom is 0.330 e. The maximum atomic E-state index is 11.0. The molecule has 4 nitrogen and oxygen atoms in total. The van der Waals surface area contributed by atoms with Crippen molar-refractivity contribution in [3.63, 3.8) is 0 Å². The second kappa shape index (κ2) is 15.0. The number of ether oxygens (including phenoxy) is 1. The third-order valence-electron chi connectivity index (χ3n) is 4.62.